The molecular weight excluding hydrogens is 541 g/mol. The third-order valence-corrected chi connectivity index (χ3v) is 6.95. The average molecular weight is 551 g/mol. The maximum atomic E-state index is 13.4. The normalized spacial score (nSPS) is 13.4. The van der Waals surface area contributed by atoms with Gasteiger partial charge >= 0.3 is 24.7 Å². The molecule has 0 amide bonds. The van der Waals surface area contributed by atoms with Crippen LogP contribution in [-0.2, 0) is 24.7 Å². The van der Waals surface area contributed by atoms with Crippen LogP contribution in [-0.4, -0.2) is 4.98 Å². The summed E-state index contributed by atoms with van der Waals surface area (Å²) in [5.74, 6) is 0. The van der Waals surface area contributed by atoms with Crippen molar-refractivity contribution in [1.82, 2.24) is 4.98 Å². The summed E-state index contributed by atoms with van der Waals surface area (Å²) in [6.45, 7) is 0. The quantitative estimate of drug-likeness (QED) is 0.305. The highest BCUT2D eigenvalue weighted by Crippen LogP contribution is 2.42. The van der Waals surface area contributed by atoms with Crippen LogP contribution in [0.2, 0.25) is 0 Å². The van der Waals surface area contributed by atoms with Gasteiger partial charge in [0.2, 0.25) is 5.56 Å². The summed E-state index contributed by atoms with van der Waals surface area (Å²) in [7, 11) is -2.97. The Morgan fingerprint density at radius 2 is 0.861 bits per heavy atom. The van der Waals surface area contributed by atoms with Crippen molar-refractivity contribution in [3.63, 3.8) is 0 Å². The molecule has 1 aromatic heterocycles. The van der Waals surface area contributed by atoms with Crippen LogP contribution in [0.1, 0.15) is 22.3 Å². The van der Waals surface area contributed by atoms with E-state index in [1.165, 1.54) is 0 Å². The van der Waals surface area contributed by atoms with Gasteiger partial charge in [-0.25, -0.2) is 0 Å². The van der Waals surface area contributed by atoms with E-state index in [1.54, 1.807) is 0 Å². The van der Waals surface area contributed by atoms with E-state index in [0.717, 1.165) is 18.2 Å². The second kappa shape index (κ2) is 9.13. The first-order valence-electron chi connectivity index (χ1n) is 9.35. The van der Waals surface area contributed by atoms with Gasteiger partial charge in [-0.15, -0.1) is 0 Å². The number of hydrogen-bond acceptors (Lipinski definition) is 1. The standard InChI is InChI=1S/C21H10F12NOP/c22-18(23,24)10-4-11(19(25,26)27)7-14(6-10)36(17-3-1-2-16(35)34-17)15-8-12(20(28,29)30)5-13(9-15)21(31,32)33/h1-9H,(H,34,35). The van der Waals surface area contributed by atoms with E-state index in [2.05, 4.69) is 4.98 Å². The molecule has 0 aliphatic rings. The van der Waals surface area contributed by atoms with E-state index in [4.69, 9.17) is 0 Å². The van der Waals surface area contributed by atoms with E-state index in [0.29, 0.717) is 0 Å². The summed E-state index contributed by atoms with van der Waals surface area (Å²) in [6.07, 6.45) is -21.4. The second-order valence-corrected chi connectivity index (χ2v) is 9.45. The zero-order valence-corrected chi connectivity index (χ0v) is 18.0. The van der Waals surface area contributed by atoms with Gasteiger partial charge in [0.1, 0.15) is 0 Å². The van der Waals surface area contributed by atoms with Crippen molar-refractivity contribution in [2.75, 3.05) is 0 Å². The molecular formula is C21H10F12NOP. The van der Waals surface area contributed by atoms with Gasteiger partial charge in [-0.05, 0) is 53.1 Å². The van der Waals surface area contributed by atoms with Crippen molar-refractivity contribution in [3.8, 4) is 0 Å². The highest BCUT2D eigenvalue weighted by atomic mass is 31.1. The van der Waals surface area contributed by atoms with Crippen LogP contribution < -0.4 is 21.6 Å². The molecule has 0 spiro atoms. The lowest BCUT2D eigenvalue weighted by molar-refractivity contribution is -0.144. The third kappa shape index (κ3) is 6.21. The van der Waals surface area contributed by atoms with Crippen molar-refractivity contribution in [2.45, 2.75) is 24.7 Å². The predicted molar refractivity (Wildman–Crippen MR) is 106 cm³/mol. The second-order valence-electron chi connectivity index (χ2n) is 7.26. The van der Waals surface area contributed by atoms with Gasteiger partial charge in [0.25, 0.3) is 0 Å². The van der Waals surface area contributed by atoms with Crippen LogP contribution >= 0.6 is 7.92 Å². The Labute approximate surface area is 194 Å². The Bertz CT molecular complexity index is 1180. The van der Waals surface area contributed by atoms with Gasteiger partial charge in [0, 0.05) is 14.0 Å². The molecule has 2 aromatic carbocycles. The van der Waals surface area contributed by atoms with Crippen LogP contribution in [0.4, 0.5) is 52.7 Å². The highest BCUT2D eigenvalue weighted by Gasteiger charge is 2.40. The fraction of sp³-hybridized carbons (Fsp3) is 0.190. The van der Waals surface area contributed by atoms with E-state index >= 15 is 0 Å². The average Bonchev–Trinajstić information content (AvgIpc) is 2.71. The summed E-state index contributed by atoms with van der Waals surface area (Å²) in [4.78, 5) is 13.9. The van der Waals surface area contributed by atoms with Gasteiger partial charge in [0.15, 0.2) is 0 Å². The molecule has 0 aliphatic heterocycles. The van der Waals surface area contributed by atoms with Crippen molar-refractivity contribution in [3.05, 3.63) is 87.2 Å². The van der Waals surface area contributed by atoms with Crippen LogP contribution in [0.15, 0.2) is 59.4 Å². The number of alkyl halides is 12. The number of pyridine rings is 1. The number of nitrogens with one attached hydrogen (secondary N) is 1. The van der Waals surface area contributed by atoms with Crippen LogP contribution in [0.25, 0.3) is 0 Å². The van der Waals surface area contributed by atoms with E-state index in [1.807, 2.05) is 0 Å². The number of aromatic amines is 1. The third-order valence-electron chi connectivity index (χ3n) is 4.66. The van der Waals surface area contributed by atoms with Gasteiger partial charge < -0.3 is 4.98 Å². The summed E-state index contributed by atoms with van der Waals surface area (Å²) in [5, 5.41) is -1.78. The molecule has 0 saturated carbocycles. The maximum Gasteiger partial charge on any atom is 0.416 e. The first kappa shape index (κ1) is 27.6. The maximum absolute atomic E-state index is 13.4. The Morgan fingerprint density at radius 1 is 0.528 bits per heavy atom. The lowest BCUT2D eigenvalue weighted by Crippen LogP contribution is -2.29. The number of halogens is 12. The lowest BCUT2D eigenvalue weighted by Gasteiger charge is -2.23. The zero-order chi connectivity index (χ0) is 27.3. The van der Waals surface area contributed by atoms with Crippen molar-refractivity contribution < 1.29 is 52.7 Å². The smallest absolute Gasteiger partial charge is 0.322 e. The van der Waals surface area contributed by atoms with Crippen molar-refractivity contribution >= 4 is 24.0 Å². The summed E-state index contributed by atoms with van der Waals surface area (Å²) < 4.78 is 161. The summed E-state index contributed by atoms with van der Waals surface area (Å²) >= 11 is 0. The van der Waals surface area contributed by atoms with Gasteiger partial charge in [-0.2, -0.15) is 52.7 Å². The molecule has 2 nitrogen and oxygen atoms in total. The largest absolute Gasteiger partial charge is 0.416 e. The van der Waals surface area contributed by atoms with Crippen LogP contribution in [0, 0.1) is 0 Å². The number of aromatic nitrogens is 1. The first-order chi connectivity index (χ1) is 16.3. The molecule has 0 aliphatic carbocycles. The molecule has 0 atom stereocenters. The Hall–Kier alpha value is -3.02. The molecule has 0 unspecified atom stereocenters. The summed E-state index contributed by atoms with van der Waals surface area (Å²) in [6, 6.07) is 3.15. The predicted octanol–water partition coefficient (Wildman–Crippen LogP) is 6.21. The molecule has 0 fully saturated rings. The number of H-pyrrole nitrogens is 1. The molecule has 194 valence electrons. The lowest BCUT2D eigenvalue weighted by atomic mass is 10.1. The fourth-order valence-corrected chi connectivity index (χ4v) is 5.51. The minimum atomic E-state index is -5.34. The Kier molecular flexibility index (Phi) is 6.99. The molecule has 1 N–H and O–H groups in total. The molecule has 36 heavy (non-hydrogen) atoms. The van der Waals surface area contributed by atoms with E-state index in [-0.39, 0.29) is 36.4 Å². The Morgan fingerprint density at radius 3 is 1.14 bits per heavy atom. The van der Waals surface area contributed by atoms with Gasteiger partial charge in [-0.1, -0.05) is 6.07 Å². The number of hydrogen-bond donors (Lipinski definition) is 1. The molecule has 15 heteroatoms. The van der Waals surface area contributed by atoms with Crippen LogP contribution in [0.3, 0.4) is 0 Å². The number of benzene rings is 2. The highest BCUT2D eigenvalue weighted by molar-refractivity contribution is 7.79. The first-order valence-corrected chi connectivity index (χ1v) is 10.7. The van der Waals surface area contributed by atoms with Crippen molar-refractivity contribution in [1.29, 1.82) is 0 Å². The van der Waals surface area contributed by atoms with E-state index < -0.39 is 76.5 Å². The Balaban J connectivity index is 2.45. The molecule has 3 aromatic rings. The zero-order valence-electron chi connectivity index (χ0n) is 17.1. The minimum Gasteiger partial charge on any atom is -0.322 e. The SMILES string of the molecule is O=c1cccc(P(c2cc(C(F)(F)F)cc(C(F)(F)F)c2)c2cc(C(F)(F)F)cc(C(F)(F)F)c2)[nH]1. The van der Waals surface area contributed by atoms with Crippen LogP contribution in [0.5, 0.6) is 0 Å². The molecule has 0 saturated heterocycles. The molecule has 0 bridgehead atoms. The topological polar surface area (TPSA) is 32.9 Å². The minimum absolute atomic E-state index is 0.194. The molecule has 0 radical (unpaired) electrons. The monoisotopic (exact) mass is 551 g/mol. The van der Waals surface area contributed by atoms with Gasteiger partial charge in [0.05, 0.1) is 27.7 Å². The molecule has 3 rings (SSSR count). The van der Waals surface area contributed by atoms with Gasteiger partial charge in [-0.3, -0.25) is 4.79 Å². The molecule has 1 heterocycles. The fourth-order valence-electron chi connectivity index (χ4n) is 3.13. The summed E-state index contributed by atoms with van der Waals surface area (Å²) in [5.41, 5.74) is -8.74. The van der Waals surface area contributed by atoms with E-state index in [9.17, 15) is 57.5 Å². The number of rotatable bonds is 3. The van der Waals surface area contributed by atoms with Crippen molar-refractivity contribution in [2.24, 2.45) is 0 Å².